The predicted octanol–water partition coefficient (Wildman–Crippen LogP) is 1.56. The van der Waals surface area contributed by atoms with Crippen molar-refractivity contribution in [2.45, 2.75) is 6.54 Å². The SMILES string of the molecule is COCCn1c(-c2cccn2C)cc(=O)[nH]c1=S. The summed E-state index contributed by atoms with van der Waals surface area (Å²) >= 11 is 5.20. The van der Waals surface area contributed by atoms with Crippen LogP contribution in [0.4, 0.5) is 0 Å². The zero-order valence-corrected chi connectivity index (χ0v) is 11.2. The highest BCUT2D eigenvalue weighted by molar-refractivity contribution is 7.71. The van der Waals surface area contributed by atoms with E-state index in [1.807, 2.05) is 34.5 Å². The van der Waals surface area contributed by atoms with Crippen molar-refractivity contribution in [1.82, 2.24) is 14.1 Å². The number of rotatable bonds is 4. The van der Waals surface area contributed by atoms with Crippen LogP contribution in [0, 0.1) is 4.77 Å². The highest BCUT2D eigenvalue weighted by Crippen LogP contribution is 2.17. The van der Waals surface area contributed by atoms with Crippen LogP contribution < -0.4 is 5.56 Å². The van der Waals surface area contributed by atoms with Crippen molar-refractivity contribution in [1.29, 1.82) is 0 Å². The largest absolute Gasteiger partial charge is 0.383 e. The first kappa shape index (κ1) is 12.8. The van der Waals surface area contributed by atoms with E-state index in [-0.39, 0.29) is 5.56 Å². The van der Waals surface area contributed by atoms with Gasteiger partial charge < -0.3 is 13.9 Å². The summed E-state index contributed by atoms with van der Waals surface area (Å²) in [5.74, 6) is 0. The van der Waals surface area contributed by atoms with Crippen molar-refractivity contribution in [3.63, 3.8) is 0 Å². The summed E-state index contributed by atoms with van der Waals surface area (Å²) in [7, 11) is 3.57. The molecule has 0 unspecified atom stereocenters. The van der Waals surface area contributed by atoms with Gasteiger partial charge in [0.15, 0.2) is 4.77 Å². The summed E-state index contributed by atoms with van der Waals surface area (Å²) in [4.78, 5) is 14.2. The summed E-state index contributed by atoms with van der Waals surface area (Å²) in [5.41, 5.74) is 1.56. The fraction of sp³-hybridized carbons (Fsp3) is 0.333. The first-order valence-corrected chi connectivity index (χ1v) is 5.99. The maximum absolute atomic E-state index is 11.6. The van der Waals surface area contributed by atoms with E-state index in [1.165, 1.54) is 0 Å². The van der Waals surface area contributed by atoms with E-state index in [0.29, 0.717) is 17.9 Å². The number of aromatic amines is 1. The molecule has 2 heterocycles. The van der Waals surface area contributed by atoms with Gasteiger partial charge in [-0.25, -0.2) is 0 Å². The normalized spacial score (nSPS) is 10.8. The van der Waals surface area contributed by atoms with Crippen molar-refractivity contribution in [3.05, 3.63) is 39.5 Å². The fourth-order valence-electron chi connectivity index (χ4n) is 1.86. The molecular formula is C12H15N3O2S. The number of aromatic nitrogens is 3. The number of hydrogen-bond donors (Lipinski definition) is 1. The van der Waals surface area contributed by atoms with Crippen molar-refractivity contribution < 1.29 is 4.74 Å². The van der Waals surface area contributed by atoms with Gasteiger partial charge >= 0.3 is 0 Å². The third kappa shape index (κ3) is 2.44. The third-order valence-electron chi connectivity index (χ3n) is 2.76. The molecule has 1 N–H and O–H groups in total. The molecule has 2 aromatic rings. The Kier molecular flexibility index (Phi) is 3.78. The van der Waals surface area contributed by atoms with Crippen molar-refractivity contribution >= 4 is 12.2 Å². The molecule has 0 fully saturated rings. The molecule has 0 aliphatic heterocycles. The van der Waals surface area contributed by atoms with Gasteiger partial charge in [-0.15, -0.1) is 0 Å². The van der Waals surface area contributed by atoms with Gasteiger partial charge in [-0.2, -0.15) is 0 Å². The molecule has 6 heteroatoms. The number of aryl methyl sites for hydroxylation is 1. The molecule has 0 spiro atoms. The molecule has 96 valence electrons. The van der Waals surface area contributed by atoms with E-state index in [4.69, 9.17) is 17.0 Å². The fourth-order valence-corrected chi connectivity index (χ4v) is 2.15. The highest BCUT2D eigenvalue weighted by Gasteiger charge is 2.08. The molecule has 0 amide bonds. The van der Waals surface area contributed by atoms with Crippen LogP contribution in [0.25, 0.3) is 11.4 Å². The standard InChI is InChI=1S/C12H15N3O2S/c1-14-5-3-4-9(14)10-8-11(16)13-12(18)15(10)6-7-17-2/h3-5,8H,6-7H2,1-2H3,(H,13,16,18). The Labute approximate surface area is 110 Å². The van der Waals surface area contributed by atoms with Crippen LogP contribution in [0.5, 0.6) is 0 Å². The van der Waals surface area contributed by atoms with Gasteiger partial charge in [-0.05, 0) is 24.4 Å². The third-order valence-corrected chi connectivity index (χ3v) is 3.08. The number of nitrogens with one attached hydrogen (secondary N) is 1. The molecule has 2 rings (SSSR count). The zero-order valence-electron chi connectivity index (χ0n) is 10.3. The van der Waals surface area contributed by atoms with Crippen LogP contribution in [-0.4, -0.2) is 27.8 Å². The number of hydrogen-bond acceptors (Lipinski definition) is 3. The average Bonchev–Trinajstić information content (AvgIpc) is 2.73. The quantitative estimate of drug-likeness (QED) is 0.854. The van der Waals surface area contributed by atoms with Crippen LogP contribution in [0.3, 0.4) is 0 Å². The summed E-state index contributed by atoms with van der Waals surface area (Å²) < 4.78 is 9.30. The van der Waals surface area contributed by atoms with Gasteiger partial charge in [0, 0.05) is 33.0 Å². The maximum Gasteiger partial charge on any atom is 0.252 e. The molecule has 0 aliphatic rings. The van der Waals surface area contributed by atoms with E-state index >= 15 is 0 Å². The van der Waals surface area contributed by atoms with Gasteiger partial charge in [0.1, 0.15) is 0 Å². The van der Waals surface area contributed by atoms with E-state index in [2.05, 4.69) is 4.98 Å². The molecule has 0 radical (unpaired) electrons. The molecule has 0 saturated carbocycles. The number of nitrogens with zero attached hydrogens (tertiary/aromatic N) is 2. The molecule has 0 aliphatic carbocycles. The van der Waals surface area contributed by atoms with Gasteiger partial charge in [0.2, 0.25) is 0 Å². The van der Waals surface area contributed by atoms with Gasteiger partial charge in [0.25, 0.3) is 5.56 Å². The Hall–Kier alpha value is -1.66. The molecule has 0 bridgehead atoms. The molecular weight excluding hydrogens is 250 g/mol. The van der Waals surface area contributed by atoms with E-state index in [0.717, 1.165) is 11.4 Å². The van der Waals surface area contributed by atoms with E-state index in [9.17, 15) is 4.79 Å². The lowest BCUT2D eigenvalue weighted by Crippen LogP contribution is -2.17. The van der Waals surface area contributed by atoms with Crippen LogP contribution in [0.2, 0.25) is 0 Å². The highest BCUT2D eigenvalue weighted by atomic mass is 32.1. The lowest BCUT2D eigenvalue weighted by Gasteiger charge is -2.13. The number of ether oxygens (including phenoxy) is 1. The Morgan fingerprint density at radius 2 is 2.22 bits per heavy atom. The van der Waals surface area contributed by atoms with Crippen molar-refractivity contribution in [2.24, 2.45) is 7.05 Å². The summed E-state index contributed by atoms with van der Waals surface area (Å²) in [6.07, 6.45) is 1.93. The van der Waals surface area contributed by atoms with Crippen LogP contribution in [0.15, 0.2) is 29.2 Å². The summed E-state index contributed by atoms with van der Waals surface area (Å²) in [6.45, 7) is 1.14. The smallest absolute Gasteiger partial charge is 0.252 e. The topological polar surface area (TPSA) is 51.9 Å². The second kappa shape index (κ2) is 5.32. The Bertz CT molecular complexity index is 654. The van der Waals surface area contributed by atoms with Crippen LogP contribution >= 0.6 is 12.2 Å². The number of H-pyrrole nitrogens is 1. The van der Waals surface area contributed by atoms with Gasteiger partial charge in [-0.1, -0.05) is 0 Å². The minimum atomic E-state index is -0.190. The minimum absolute atomic E-state index is 0.190. The molecule has 0 saturated heterocycles. The molecule has 2 aromatic heterocycles. The van der Waals surface area contributed by atoms with Crippen LogP contribution in [-0.2, 0) is 18.3 Å². The lowest BCUT2D eigenvalue weighted by molar-refractivity contribution is 0.186. The molecule has 0 aromatic carbocycles. The first-order valence-electron chi connectivity index (χ1n) is 5.58. The van der Waals surface area contributed by atoms with Crippen molar-refractivity contribution in [3.8, 4) is 11.4 Å². The Balaban J connectivity index is 2.61. The monoisotopic (exact) mass is 265 g/mol. The Morgan fingerprint density at radius 1 is 1.44 bits per heavy atom. The second-order valence-electron chi connectivity index (χ2n) is 3.97. The average molecular weight is 265 g/mol. The van der Waals surface area contributed by atoms with Gasteiger partial charge in [0.05, 0.1) is 18.0 Å². The minimum Gasteiger partial charge on any atom is -0.383 e. The maximum atomic E-state index is 11.6. The summed E-state index contributed by atoms with van der Waals surface area (Å²) in [5, 5.41) is 0. The zero-order chi connectivity index (χ0) is 13.1. The molecule has 5 nitrogen and oxygen atoms in total. The summed E-state index contributed by atoms with van der Waals surface area (Å²) in [6, 6.07) is 5.44. The predicted molar refractivity (Wildman–Crippen MR) is 72.2 cm³/mol. The van der Waals surface area contributed by atoms with E-state index in [1.54, 1.807) is 13.2 Å². The Morgan fingerprint density at radius 3 is 2.83 bits per heavy atom. The van der Waals surface area contributed by atoms with Crippen molar-refractivity contribution in [2.75, 3.05) is 13.7 Å². The van der Waals surface area contributed by atoms with Crippen LogP contribution in [0.1, 0.15) is 0 Å². The van der Waals surface area contributed by atoms with Gasteiger partial charge in [-0.3, -0.25) is 9.78 Å². The first-order chi connectivity index (χ1) is 8.63. The second-order valence-corrected chi connectivity index (χ2v) is 4.36. The number of methoxy groups -OCH3 is 1. The lowest BCUT2D eigenvalue weighted by atomic mass is 10.3. The molecule has 0 atom stereocenters. The van der Waals surface area contributed by atoms with E-state index < -0.39 is 0 Å². The molecule has 18 heavy (non-hydrogen) atoms.